The third-order valence-electron chi connectivity index (χ3n) is 2.96. The van der Waals surface area contributed by atoms with Crippen LogP contribution in [-0.4, -0.2) is 5.91 Å². The van der Waals surface area contributed by atoms with E-state index < -0.39 is 0 Å². The molecular weight excluding hydrogens is 269 g/mol. The van der Waals surface area contributed by atoms with Gasteiger partial charge in [0.2, 0.25) is 5.91 Å². The predicted octanol–water partition coefficient (Wildman–Crippen LogP) is 5.15. The van der Waals surface area contributed by atoms with Crippen LogP contribution in [0.25, 0.3) is 0 Å². The van der Waals surface area contributed by atoms with Crippen LogP contribution >= 0.6 is 23.2 Å². The number of hydrogen-bond acceptors (Lipinski definition) is 1. The molecule has 0 fully saturated rings. The average Bonchev–Trinajstić information content (AvgIpc) is 2.35. The Morgan fingerprint density at radius 2 is 2.06 bits per heavy atom. The number of nitrogens with one attached hydrogen (secondary N) is 1. The lowest BCUT2D eigenvalue weighted by molar-refractivity contribution is -0.120. The van der Waals surface area contributed by atoms with Crippen molar-refractivity contribution in [1.82, 2.24) is 0 Å². The molecule has 1 aromatic carbocycles. The molecule has 18 heavy (non-hydrogen) atoms. The van der Waals surface area contributed by atoms with E-state index in [4.69, 9.17) is 23.2 Å². The van der Waals surface area contributed by atoms with Gasteiger partial charge in [-0.3, -0.25) is 4.79 Å². The highest BCUT2D eigenvalue weighted by Crippen LogP contribution is 2.26. The Balaban J connectivity index is 2.70. The van der Waals surface area contributed by atoms with E-state index in [0.717, 1.165) is 25.7 Å². The lowest BCUT2D eigenvalue weighted by Crippen LogP contribution is -2.22. The van der Waals surface area contributed by atoms with E-state index in [2.05, 4.69) is 12.2 Å². The SMILES string of the molecule is CCCC[C@@H](CC)C(=O)Nc1cc(Cl)ccc1Cl. The van der Waals surface area contributed by atoms with E-state index in [1.807, 2.05) is 6.92 Å². The molecule has 1 N–H and O–H groups in total. The van der Waals surface area contributed by atoms with Gasteiger partial charge in [-0.1, -0.05) is 49.9 Å². The van der Waals surface area contributed by atoms with Crippen molar-refractivity contribution in [3.05, 3.63) is 28.2 Å². The Bertz CT molecular complexity index is 407. The van der Waals surface area contributed by atoms with Crippen LogP contribution in [0.15, 0.2) is 18.2 Å². The number of benzene rings is 1. The Hall–Kier alpha value is -0.730. The molecule has 0 saturated carbocycles. The van der Waals surface area contributed by atoms with E-state index in [-0.39, 0.29) is 11.8 Å². The maximum Gasteiger partial charge on any atom is 0.227 e. The first-order valence-electron chi connectivity index (χ1n) is 6.34. The van der Waals surface area contributed by atoms with Gasteiger partial charge in [0.1, 0.15) is 0 Å². The summed E-state index contributed by atoms with van der Waals surface area (Å²) < 4.78 is 0. The van der Waals surface area contributed by atoms with Crippen molar-refractivity contribution in [1.29, 1.82) is 0 Å². The van der Waals surface area contributed by atoms with E-state index in [1.165, 1.54) is 0 Å². The summed E-state index contributed by atoms with van der Waals surface area (Å²) in [5, 5.41) is 3.93. The van der Waals surface area contributed by atoms with Crippen molar-refractivity contribution < 1.29 is 4.79 Å². The zero-order valence-corrected chi connectivity index (χ0v) is 12.3. The van der Waals surface area contributed by atoms with Gasteiger partial charge in [0.05, 0.1) is 10.7 Å². The van der Waals surface area contributed by atoms with Gasteiger partial charge in [0.15, 0.2) is 0 Å². The molecule has 0 unspecified atom stereocenters. The van der Waals surface area contributed by atoms with Crippen molar-refractivity contribution in [2.75, 3.05) is 5.32 Å². The van der Waals surface area contributed by atoms with Crippen LogP contribution in [0.3, 0.4) is 0 Å². The number of hydrogen-bond donors (Lipinski definition) is 1. The van der Waals surface area contributed by atoms with Gasteiger partial charge in [0, 0.05) is 10.9 Å². The molecule has 0 aliphatic rings. The first-order valence-corrected chi connectivity index (χ1v) is 7.10. The summed E-state index contributed by atoms with van der Waals surface area (Å²) in [6, 6.07) is 5.06. The molecule has 0 saturated heterocycles. The van der Waals surface area contributed by atoms with Crippen LogP contribution < -0.4 is 5.32 Å². The van der Waals surface area contributed by atoms with E-state index in [9.17, 15) is 4.79 Å². The molecule has 0 aromatic heterocycles. The van der Waals surface area contributed by atoms with Crippen LogP contribution in [0.2, 0.25) is 10.0 Å². The molecule has 2 nitrogen and oxygen atoms in total. The van der Waals surface area contributed by atoms with Gasteiger partial charge in [-0.25, -0.2) is 0 Å². The summed E-state index contributed by atoms with van der Waals surface area (Å²) in [5.74, 6) is 0.0649. The summed E-state index contributed by atoms with van der Waals surface area (Å²) in [5.41, 5.74) is 0.587. The number of unbranched alkanes of at least 4 members (excludes halogenated alkanes) is 1. The van der Waals surface area contributed by atoms with Gasteiger partial charge in [-0.15, -0.1) is 0 Å². The smallest absolute Gasteiger partial charge is 0.227 e. The molecule has 0 bridgehead atoms. The van der Waals surface area contributed by atoms with Crippen LogP contribution in [0.5, 0.6) is 0 Å². The molecule has 1 amide bonds. The van der Waals surface area contributed by atoms with Crippen LogP contribution in [0.1, 0.15) is 39.5 Å². The normalized spacial score (nSPS) is 12.2. The Labute approximate surface area is 119 Å². The highest BCUT2D eigenvalue weighted by Gasteiger charge is 2.16. The quantitative estimate of drug-likeness (QED) is 0.770. The predicted molar refractivity (Wildman–Crippen MR) is 78.4 cm³/mol. The Morgan fingerprint density at radius 1 is 1.33 bits per heavy atom. The third-order valence-corrected chi connectivity index (χ3v) is 3.52. The standard InChI is InChI=1S/C14H19Cl2NO/c1-3-5-6-10(4-2)14(18)17-13-9-11(15)7-8-12(13)16/h7-10H,3-6H2,1-2H3,(H,17,18)/t10-/m1/s1. The molecule has 1 atom stereocenters. The summed E-state index contributed by atoms with van der Waals surface area (Å²) in [4.78, 5) is 12.1. The van der Waals surface area contributed by atoms with Crippen molar-refractivity contribution in [2.24, 2.45) is 5.92 Å². The molecule has 1 aromatic rings. The fourth-order valence-electron chi connectivity index (χ4n) is 1.80. The van der Waals surface area contributed by atoms with Crippen molar-refractivity contribution in [3.63, 3.8) is 0 Å². The number of rotatable bonds is 6. The van der Waals surface area contributed by atoms with Gasteiger partial charge in [0.25, 0.3) is 0 Å². The number of amides is 1. The number of carbonyl (C=O) groups is 1. The van der Waals surface area contributed by atoms with Crippen molar-refractivity contribution in [2.45, 2.75) is 39.5 Å². The minimum atomic E-state index is 0.0233. The first-order chi connectivity index (χ1) is 8.58. The minimum Gasteiger partial charge on any atom is -0.324 e. The fourth-order valence-corrected chi connectivity index (χ4v) is 2.14. The van der Waals surface area contributed by atoms with Crippen molar-refractivity contribution in [3.8, 4) is 0 Å². The monoisotopic (exact) mass is 287 g/mol. The number of halogens is 2. The van der Waals surface area contributed by atoms with Crippen LogP contribution in [-0.2, 0) is 4.79 Å². The van der Waals surface area contributed by atoms with Crippen LogP contribution in [0, 0.1) is 5.92 Å². The lowest BCUT2D eigenvalue weighted by atomic mass is 9.98. The zero-order valence-electron chi connectivity index (χ0n) is 10.8. The number of carbonyl (C=O) groups excluding carboxylic acids is 1. The maximum atomic E-state index is 12.1. The number of anilines is 1. The molecule has 0 spiro atoms. The molecule has 100 valence electrons. The molecule has 0 aliphatic heterocycles. The summed E-state index contributed by atoms with van der Waals surface area (Å²) in [7, 11) is 0. The van der Waals surface area contributed by atoms with Gasteiger partial charge in [-0.05, 0) is 31.0 Å². The topological polar surface area (TPSA) is 29.1 Å². The molecular formula is C14H19Cl2NO. The molecule has 0 heterocycles. The van der Waals surface area contributed by atoms with E-state index in [1.54, 1.807) is 18.2 Å². The maximum absolute atomic E-state index is 12.1. The van der Waals surface area contributed by atoms with Crippen molar-refractivity contribution >= 4 is 34.8 Å². The Morgan fingerprint density at radius 3 is 2.67 bits per heavy atom. The minimum absolute atomic E-state index is 0.0233. The Kier molecular flexibility index (Phi) is 6.51. The second-order valence-corrected chi connectivity index (χ2v) is 5.20. The fraction of sp³-hybridized carbons (Fsp3) is 0.500. The summed E-state index contributed by atoms with van der Waals surface area (Å²) in [6.07, 6.45) is 3.91. The summed E-state index contributed by atoms with van der Waals surface area (Å²) >= 11 is 11.9. The molecule has 4 heteroatoms. The van der Waals surface area contributed by atoms with Gasteiger partial charge >= 0.3 is 0 Å². The highest BCUT2D eigenvalue weighted by atomic mass is 35.5. The summed E-state index contributed by atoms with van der Waals surface area (Å²) in [6.45, 7) is 4.15. The zero-order chi connectivity index (χ0) is 13.5. The van der Waals surface area contributed by atoms with Gasteiger partial charge in [-0.2, -0.15) is 0 Å². The van der Waals surface area contributed by atoms with E-state index in [0.29, 0.717) is 15.7 Å². The van der Waals surface area contributed by atoms with Gasteiger partial charge < -0.3 is 5.32 Å². The highest BCUT2D eigenvalue weighted by molar-refractivity contribution is 6.35. The third kappa shape index (κ3) is 4.51. The second kappa shape index (κ2) is 7.65. The van der Waals surface area contributed by atoms with E-state index >= 15 is 0 Å². The molecule has 1 rings (SSSR count). The largest absolute Gasteiger partial charge is 0.324 e. The average molecular weight is 288 g/mol. The van der Waals surface area contributed by atoms with Crippen LogP contribution in [0.4, 0.5) is 5.69 Å². The second-order valence-electron chi connectivity index (χ2n) is 4.36. The lowest BCUT2D eigenvalue weighted by Gasteiger charge is -2.15. The molecule has 0 radical (unpaired) electrons. The first kappa shape index (κ1) is 15.3. The molecule has 0 aliphatic carbocycles.